The van der Waals surface area contributed by atoms with E-state index >= 15 is 0 Å². The molecule has 0 aromatic carbocycles. The average Bonchev–Trinajstić information content (AvgIpc) is 2.30. The third-order valence-corrected chi connectivity index (χ3v) is 2.82. The van der Waals surface area contributed by atoms with Crippen LogP contribution in [0.25, 0.3) is 0 Å². The predicted octanol–water partition coefficient (Wildman–Crippen LogP) is 1.82. The molecule has 3 nitrogen and oxygen atoms in total. The maximum absolute atomic E-state index is 5.75. The second-order valence-corrected chi connectivity index (χ2v) is 3.57. The second-order valence-electron chi connectivity index (χ2n) is 3.31. The van der Waals surface area contributed by atoms with Crippen LogP contribution in [0.2, 0.25) is 0 Å². The first-order valence-electron chi connectivity index (χ1n) is 4.27. The van der Waals surface area contributed by atoms with Crippen molar-refractivity contribution in [1.29, 1.82) is 0 Å². The van der Waals surface area contributed by atoms with E-state index in [1.807, 2.05) is 11.7 Å². The standard InChI is InChI=1S/C8H12ClN3/c1-12-8(6-3-2-4-6)7(5-9)10-11-12/h6H,2-5H2,1H3. The Balaban J connectivity index is 2.31. The van der Waals surface area contributed by atoms with Crippen molar-refractivity contribution in [1.82, 2.24) is 15.0 Å². The van der Waals surface area contributed by atoms with Crippen LogP contribution in [0.5, 0.6) is 0 Å². The summed E-state index contributed by atoms with van der Waals surface area (Å²) in [5, 5.41) is 7.99. The number of halogens is 1. The summed E-state index contributed by atoms with van der Waals surface area (Å²) in [5.41, 5.74) is 2.21. The van der Waals surface area contributed by atoms with Gasteiger partial charge in [0.2, 0.25) is 0 Å². The third kappa shape index (κ3) is 1.12. The van der Waals surface area contributed by atoms with Crippen molar-refractivity contribution >= 4 is 11.6 Å². The highest BCUT2D eigenvalue weighted by molar-refractivity contribution is 6.16. The van der Waals surface area contributed by atoms with E-state index in [1.54, 1.807) is 0 Å². The van der Waals surface area contributed by atoms with E-state index in [-0.39, 0.29) is 0 Å². The van der Waals surface area contributed by atoms with Gasteiger partial charge >= 0.3 is 0 Å². The average molecular weight is 186 g/mol. The number of aryl methyl sites for hydroxylation is 1. The van der Waals surface area contributed by atoms with Crippen LogP contribution >= 0.6 is 11.6 Å². The van der Waals surface area contributed by atoms with E-state index < -0.39 is 0 Å². The van der Waals surface area contributed by atoms with Crippen molar-refractivity contribution in [2.75, 3.05) is 0 Å². The molecule has 0 bridgehead atoms. The predicted molar refractivity (Wildman–Crippen MR) is 47.2 cm³/mol. The highest BCUT2D eigenvalue weighted by atomic mass is 35.5. The lowest BCUT2D eigenvalue weighted by atomic mass is 9.82. The monoisotopic (exact) mass is 185 g/mol. The minimum atomic E-state index is 0.486. The van der Waals surface area contributed by atoms with E-state index in [9.17, 15) is 0 Å². The van der Waals surface area contributed by atoms with Crippen molar-refractivity contribution in [2.45, 2.75) is 31.1 Å². The molecule has 0 spiro atoms. The van der Waals surface area contributed by atoms with Gasteiger partial charge < -0.3 is 0 Å². The summed E-state index contributed by atoms with van der Waals surface area (Å²) < 4.78 is 1.86. The van der Waals surface area contributed by atoms with E-state index in [0.29, 0.717) is 11.8 Å². The lowest BCUT2D eigenvalue weighted by molar-refractivity contribution is 0.395. The Morgan fingerprint density at radius 3 is 2.83 bits per heavy atom. The smallest absolute Gasteiger partial charge is 0.101 e. The van der Waals surface area contributed by atoms with Crippen LogP contribution in [-0.2, 0) is 12.9 Å². The highest BCUT2D eigenvalue weighted by Crippen LogP contribution is 2.37. The number of rotatable bonds is 2. The van der Waals surface area contributed by atoms with Gasteiger partial charge in [-0.3, -0.25) is 4.68 Å². The lowest BCUT2D eigenvalue weighted by Gasteiger charge is -2.25. The van der Waals surface area contributed by atoms with Crippen LogP contribution in [0.15, 0.2) is 0 Å². The zero-order valence-electron chi connectivity index (χ0n) is 7.13. The molecule has 2 rings (SSSR count). The van der Waals surface area contributed by atoms with Crippen LogP contribution < -0.4 is 0 Å². The van der Waals surface area contributed by atoms with Crippen molar-refractivity contribution in [3.63, 3.8) is 0 Å². The van der Waals surface area contributed by atoms with Crippen LogP contribution in [0.3, 0.4) is 0 Å². The zero-order valence-corrected chi connectivity index (χ0v) is 7.88. The summed E-state index contributed by atoms with van der Waals surface area (Å²) in [7, 11) is 1.94. The van der Waals surface area contributed by atoms with Gasteiger partial charge in [-0.1, -0.05) is 11.6 Å². The van der Waals surface area contributed by atoms with Gasteiger partial charge in [-0.2, -0.15) is 0 Å². The molecule has 66 valence electrons. The van der Waals surface area contributed by atoms with Crippen LogP contribution in [0.4, 0.5) is 0 Å². The fourth-order valence-electron chi connectivity index (χ4n) is 1.68. The fraction of sp³-hybridized carbons (Fsp3) is 0.750. The highest BCUT2D eigenvalue weighted by Gasteiger charge is 2.25. The number of aromatic nitrogens is 3. The van der Waals surface area contributed by atoms with Gasteiger partial charge in [0.1, 0.15) is 5.69 Å². The van der Waals surface area contributed by atoms with E-state index in [2.05, 4.69) is 10.3 Å². The molecular weight excluding hydrogens is 174 g/mol. The Labute approximate surface area is 76.7 Å². The first-order valence-corrected chi connectivity index (χ1v) is 4.80. The summed E-state index contributed by atoms with van der Waals surface area (Å²) >= 11 is 5.75. The maximum Gasteiger partial charge on any atom is 0.101 e. The molecule has 1 aromatic heterocycles. The summed E-state index contributed by atoms with van der Waals surface area (Å²) in [5.74, 6) is 1.15. The molecule has 0 radical (unpaired) electrons. The minimum Gasteiger partial charge on any atom is -0.252 e. The molecule has 1 aromatic rings. The first kappa shape index (κ1) is 8.05. The van der Waals surface area contributed by atoms with Crippen molar-refractivity contribution < 1.29 is 0 Å². The molecule has 0 aliphatic heterocycles. The Hall–Kier alpha value is -0.570. The SMILES string of the molecule is Cn1nnc(CCl)c1C1CCC1. The molecule has 0 N–H and O–H groups in total. The Morgan fingerprint density at radius 2 is 2.33 bits per heavy atom. The van der Waals surface area contributed by atoms with Gasteiger partial charge in [0.25, 0.3) is 0 Å². The number of hydrogen-bond donors (Lipinski definition) is 0. The van der Waals surface area contributed by atoms with Crippen molar-refractivity contribution in [2.24, 2.45) is 7.05 Å². The van der Waals surface area contributed by atoms with Crippen molar-refractivity contribution in [3.05, 3.63) is 11.4 Å². The molecule has 0 saturated heterocycles. The van der Waals surface area contributed by atoms with Gasteiger partial charge in [-0.05, 0) is 12.8 Å². The topological polar surface area (TPSA) is 30.7 Å². The van der Waals surface area contributed by atoms with Gasteiger partial charge in [0, 0.05) is 13.0 Å². The van der Waals surface area contributed by atoms with Crippen LogP contribution in [-0.4, -0.2) is 15.0 Å². The molecule has 12 heavy (non-hydrogen) atoms. The minimum absolute atomic E-state index is 0.486. The van der Waals surface area contributed by atoms with Gasteiger partial charge in [-0.15, -0.1) is 16.7 Å². The van der Waals surface area contributed by atoms with E-state index in [1.165, 1.54) is 25.0 Å². The lowest BCUT2D eigenvalue weighted by Crippen LogP contribution is -2.14. The molecule has 1 saturated carbocycles. The molecule has 0 unspecified atom stereocenters. The first-order chi connectivity index (χ1) is 5.83. The van der Waals surface area contributed by atoms with Crippen LogP contribution in [0, 0.1) is 0 Å². The molecular formula is C8H12ClN3. The molecule has 4 heteroatoms. The molecule has 0 atom stereocenters. The second kappa shape index (κ2) is 3.05. The fourth-order valence-corrected chi connectivity index (χ4v) is 1.87. The normalized spacial score (nSPS) is 17.8. The summed E-state index contributed by atoms with van der Waals surface area (Å²) in [6.07, 6.45) is 3.87. The Morgan fingerprint density at radius 1 is 1.58 bits per heavy atom. The van der Waals surface area contributed by atoms with Crippen LogP contribution in [0.1, 0.15) is 36.6 Å². The third-order valence-electron chi connectivity index (χ3n) is 2.56. The molecule has 1 fully saturated rings. The quantitative estimate of drug-likeness (QED) is 0.659. The summed E-state index contributed by atoms with van der Waals surface area (Å²) in [6.45, 7) is 0. The zero-order chi connectivity index (χ0) is 8.55. The largest absolute Gasteiger partial charge is 0.252 e. The number of hydrogen-bond acceptors (Lipinski definition) is 2. The molecule has 1 aliphatic carbocycles. The van der Waals surface area contributed by atoms with Crippen molar-refractivity contribution in [3.8, 4) is 0 Å². The van der Waals surface area contributed by atoms with E-state index in [0.717, 1.165) is 5.69 Å². The maximum atomic E-state index is 5.75. The van der Waals surface area contributed by atoms with Gasteiger partial charge in [0.05, 0.1) is 11.6 Å². The Kier molecular flexibility index (Phi) is 2.05. The Bertz CT molecular complexity index is 278. The molecule has 1 aliphatic rings. The molecule has 1 heterocycles. The van der Waals surface area contributed by atoms with Gasteiger partial charge in [0.15, 0.2) is 0 Å². The summed E-state index contributed by atoms with van der Waals surface area (Å²) in [4.78, 5) is 0. The summed E-state index contributed by atoms with van der Waals surface area (Å²) in [6, 6.07) is 0. The number of nitrogens with zero attached hydrogens (tertiary/aromatic N) is 3. The molecule has 0 amide bonds. The van der Waals surface area contributed by atoms with E-state index in [4.69, 9.17) is 11.6 Å². The van der Waals surface area contributed by atoms with Gasteiger partial charge in [-0.25, -0.2) is 0 Å². The number of alkyl halides is 1.